The summed E-state index contributed by atoms with van der Waals surface area (Å²) in [6.07, 6.45) is 4.86. The number of hydrogen-bond acceptors (Lipinski definition) is 2. The Kier molecular flexibility index (Phi) is 3.79. The van der Waals surface area contributed by atoms with Crippen LogP contribution in [0.4, 0.5) is 0 Å². The van der Waals surface area contributed by atoms with E-state index in [2.05, 4.69) is 0 Å². The molecule has 1 fully saturated rings. The average molecular weight is 234 g/mol. The lowest BCUT2D eigenvalue weighted by Gasteiger charge is -2.27. The van der Waals surface area contributed by atoms with E-state index in [1.54, 1.807) is 19.2 Å². The van der Waals surface area contributed by atoms with E-state index in [0.717, 1.165) is 25.7 Å². The van der Waals surface area contributed by atoms with E-state index in [1.807, 2.05) is 12.1 Å². The number of hydrogen-bond donors (Lipinski definition) is 1. The summed E-state index contributed by atoms with van der Waals surface area (Å²) >= 11 is 0. The molecule has 92 valence electrons. The van der Waals surface area contributed by atoms with Crippen molar-refractivity contribution in [1.82, 2.24) is 0 Å². The Balaban J connectivity index is 2.01. The predicted octanol–water partition coefficient (Wildman–Crippen LogP) is 3.06. The first-order valence-electron chi connectivity index (χ1n) is 6.06. The van der Waals surface area contributed by atoms with Gasteiger partial charge in [-0.25, -0.2) is 4.79 Å². The van der Waals surface area contributed by atoms with Crippen LogP contribution < -0.4 is 0 Å². The van der Waals surface area contributed by atoms with Gasteiger partial charge in [-0.3, -0.25) is 0 Å². The number of carboxylic acids is 1. The van der Waals surface area contributed by atoms with E-state index in [-0.39, 0.29) is 0 Å². The summed E-state index contributed by atoms with van der Waals surface area (Å²) in [6, 6.07) is 7.28. The van der Waals surface area contributed by atoms with Crippen LogP contribution in [-0.2, 0) is 4.74 Å². The van der Waals surface area contributed by atoms with Crippen LogP contribution >= 0.6 is 0 Å². The van der Waals surface area contributed by atoms with Crippen molar-refractivity contribution < 1.29 is 14.6 Å². The Morgan fingerprint density at radius 1 is 1.18 bits per heavy atom. The third kappa shape index (κ3) is 2.86. The van der Waals surface area contributed by atoms with E-state index in [4.69, 9.17) is 9.84 Å². The summed E-state index contributed by atoms with van der Waals surface area (Å²) in [5, 5.41) is 8.84. The molecule has 1 saturated carbocycles. The van der Waals surface area contributed by atoms with Crippen molar-refractivity contribution in [2.45, 2.75) is 37.7 Å². The number of methoxy groups -OCH3 is 1. The molecule has 0 aromatic heterocycles. The number of benzene rings is 1. The Morgan fingerprint density at radius 2 is 1.76 bits per heavy atom. The number of rotatable bonds is 3. The highest BCUT2D eigenvalue weighted by Gasteiger charge is 2.22. The van der Waals surface area contributed by atoms with Gasteiger partial charge in [0, 0.05) is 7.11 Å². The zero-order valence-corrected chi connectivity index (χ0v) is 10.1. The van der Waals surface area contributed by atoms with Gasteiger partial charge in [-0.1, -0.05) is 12.1 Å². The summed E-state index contributed by atoms with van der Waals surface area (Å²) in [4.78, 5) is 10.8. The zero-order chi connectivity index (χ0) is 12.3. The van der Waals surface area contributed by atoms with Crippen molar-refractivity contribution in [2.75, 3.05) is 7.11 Å². The summed E-state index contributed by atoms with van der Waals surface area (Å²) in [5.74, 6) is -0.302. The molecule has 1 aliphatic rings. The SMILES string of the molecule is COC1CCC(c2ccc(C(=O)O)cc2)CC1. The average Bonchev–Trinajstić information content (AvgIpc) is 2.39. The van der Waals surface area contributed by atoms with Crippen molar-refractivity contribution in [1.29, 1.82) is 0 Å². The molecule has 3 nitrogen and oxygen atoms in total. The van der Waals surface area contributed by atoms with Gasteiger partial charge in [0.2, 0.25) is 0 Å². The highest BCUT2D eigenvalue weighted by molar-refractivity contribution is 5.87. The fourth-order valence-electron chi connectivity index (χ4n) is 2.53. The Hall–Kier alpha value is -1.35. The van der Waals surface area contributed by atoms with Crippen LogP contribution in [0.25, 0.3) is 0 Å². The zero-order valence-electron chi connectivity index (χ0n) is 10.1. The number of carbonyl (C=O) groups is 1. The molecular weight excluding hydrogens is 216 g/mol. The lowest BCUT2D eigenvalue weighted by Crippen LogP contribution is -2.19. The highest BCUT2D eigenvalue weighted by Crippen LogP contribution is 2.33. The van der Waals surface area contributed by atoms with Crippen LogP contribution in [0.5, 0.6) is 0 Å². The predicted molar refractivity (Wildman–Crippen MR) is 65.4 cm³/mol. The maximum absolute atomic E-state index is 10.8. The molecule has 1 aromatic carbocycles. The van der Waals surface area contributed by atoms with E-state index >= 15 is 0 Å². The summed E-state index contributed by atoms with van der Waals surface area (Å²) in [6.45, 7) is 0. The molecule has 0 saturated heterocycles. The standard InChI is InChI=1S/C14H18O3/c1-17-13-8-6-11(7-9-13)10-2-4-12(5-3-10)14(15)16/h2-5,11,13H,6-9H2,1H3,(H,15,16). The summed E-state index contributed by atoms with van der Waals surface area (Å²) in [7, 11) is 1.77. The molecule has 0 unspecified atom stereocenters. The van der Waals surface area contributed by atoms with Crippen molar-refractivity contribution in [3.63, 3.8) is 0 Å². The van der Waals surface area contributed by atoms with Gasteiger partial charge in [-0.2, -0.15) is 0 Å². The highest BCUT2D eigenvalue weighted by atomic mass is 16.5. The van der Waals surface area contributed by atoms with E-state index in [9.17, 15) is 4.79 Å². The van der Waals surface area contributed by atoms with E-state index < -0.39 is 5.97 Å². The van der Waals surface area contributed by atoms with Gasteiger partial charge in [0.05, 0.1) is 11.7 Å². The number of carboxylic acid groups (broad SMARTS) is 1. The third-order valence-electron chi connectivity index (χ3n) is 3.64. The fraction of sp³-hybridized carbons (Fsp3) is 0.500. The lowest BCUT2D eigenvalue weighted by atomic mass is 9.82. The molecular formula is C14H18O3. The smallest absolute Gasteiger partial charge is 0.335 e. The fourth-order valence-corrected chi connectivity index (χ4v) is 2.53. The van der Waals surface area contributed by atoms with Gasteiger partial charge in [0.15, 0.2) is 0 Å². The first kappa shape index (κ1) is 12.1. The third-order valence-corrected chi connectivity index (χ3v) is 3.64. The van der Waals surface area contributed by atoms with Crippen LogP contribution in [0.1, 0.15) is 47.5 Å². The molecule has 0 heterocycles. The quantitative estimate of drug-likeness (QED) is 0.874. The Morgan fingerprint density at radius 3 is 2.24 bits per heavy atom. The number of ether oxygens (including phenoxy) is 1. The molecule has 1 aromatic rings. The molecule has 0 radical (unpaired) electrons. The summed E-state index contributed by atoms with van der Waals surface area (Å²) in [5.41, 5.74) is 1.61. The van der Waals surface area contributed by atoms with Gasteiger partial charge in [0.25, 0.3) is 0 Å². The molecule has 2 rings (SSSR count). The maximum Gasteiger partial charge on any atom is 0.335 e. The van der Waals surface area contributed by atoms with Crippen molar-refractivity contribution in [3.8, 4) is 0 Å². The molecule has 1 N–H and O–H groups in total. The first-order chi connectivity index (χ1) is 8.20. The van der Waals surface area contributed by atoms with Crippen LogP contribution in [0.3, 0.4) is 0 Å². The van der Waals surface area contributed by atoms with Crippen molar-refractivity contribution >= 4 is 5.97 Å². The molecule has 0 atom stereocenters. The maximum atomic E-state index is 10.8. The van der Waals surface area contributed by atoms with Crippen LogP contribution in [-0.4, -0.2) is 24.3 Å². The second-order valence-corrected chi connectivity index (χ2v) is 4.64. The Bertz CT molecular complexity index is 375. The molecule has 0 bridgehead atoms. The van der Waals surface area contributed by atoms with Crippen molar-refractivity contribution in [3.05, 3.63) is 35.4 Å². The monoisotopic (exact) mass is 234 g/mol. The van der Waals surface area contributed by atoms with E-state index in [1.165, 1.54) is 5.56 Å². The number of aromatic carboxylic acids is 1. The summed E-state index contributed by atoms with van der Waals surface area (Å²) < 4.78 is 5.35. The van der Waals surface area contributed by atoms with Crippen LogP contribution in [0.15, 0.2) is 24.3 Å². The normalized spacial score (nSPS) is 24.5. The van der Waals surface area contributed by atoms with Crippen LogP contribution in [0.2, 0.25) is 0 Å². The molecule has 17 heavy (non-hydrogen) atoms. The minimum atomic E-state index is -0.861. The minimum Gasteiger partial charge on any atom is -0.478 e. The van der Waals surface area contributed by atoms with Gasteiger partial charge < -0.3 is 9.84 Å². The van der Waals surface area contributed by atoms with E-state index in [0.29, 0.717) is 17.6 Å². The molecule has 1 aliphatic carbocycles. The molecule has 0 aliphatic heterocycles. The molecule has 0 spiro atoms. The molecule has 3 heteroatoms. The minimum absolute atomic E-state index is 0.360. The second kappa shape index (κ2) is 5.32. The van der Waals surface area contributed by atoms with Gasteiger partial charge >= 0.3 is 5.97 Å². The van der Waals surface area contributed by atoms with Crippen LogP contribution in [0, 0.1) is 0 Å². The van der Waals surface area contributed by atoms with Crippen molar-refractivity contribution in [2.24, 2.45) is 0 Å². The van der Waals surface area contributed by atoms with Gasteiger partial charge in [-0.15, -0.1) is 0 Å². The Labute approximate surface area is 101 Å². The van der Waals surface area contributed by atoms with Gasteiger partial charge in [-0.05, 0) is 49.3 Å². The van der Waals surface area contributed by atoms with Gasteiger partial charge in [0.1, 0.15) is 0 Å². The molecule has 0 amide bonds. The lowest BCUT2D eigenvalue weighted by molar-refractivity contribution is 0.0659. The topological polar surface area (TPSA) is 46.5 Å². The first-order valence-corrected chi connectivity index (χ1v) is 6.06. The second-order valence-electron chi connectivity index (χ2n) is 4.64. The largest absolute Gasteiger partial charge is 0.478 e.